The lowest BCUT2D eigenvalue weighted by Gasteiger charge is -2.04. The van der Waals surface area contributed by atoms with Crippen molar-refractivity contribution in [2.45, 2.75) is 24.8 Å². The SMILES string of the molecule is CCCNCc1cccc(S(N)(=O)=O)c1. The predicted molar refractivity (Wildman–Crippen MR) is 59.8 cm³/mol. The maximum absolute atomic E-state index is 11.1. The molecule has 0 aliphatic heterocycles. The van der Waals surface area contributed by atoms with Crippen molar-refractivity contribution >= 4 is 10.0 Å². The smallest absolute Gasteiger partial charge is 0.238 e. The first-order valence-corrected chi connectivity index (χ1v) is 6.41. The largest absolute Gasteiger partial charge is 0.313 e. The molecule has 0 amide bonds. The lowest BCUT2D eigenvalue weighted by Crippen LogP contribution is -2.15. The van der Waals surface area contributed by atoms with Gasteiger partial charge in [-0.2, -0.15) is 0 Å². The third kappa shape index (κ3) is 3.99. The highest BCUT2D eigenvalue weighted by molar-refractivity contribution is 7.89. The van der Waals surface area contributed by atoms with Crippen LogP contribution in [-0.4, -0.2) is 15.0 Å². The van der Waals surface area contributed by atoms with Gasteiger partial charge in [0, 0.05) is 6.54 Å². The van der Waals surface area contributed by atoms with Crippen LogP contribution in [0.1, 0.15) is 18.9 Å². The maximum atomic E-state index is 11.1. The fourth-order valence-electron chi connectivity index (χ4n) is 1.24. The van der Waals surface area contributed by atoms with Gasteiger partial charge >= 0.3 is 0 Å². The Morgan fingerprint density at radius 2 is 2.13 bits per heavy atom. The van der Waals surface area contributed by atoms with Crippen LogP contribution in [0.15, 0.2) is 29.2 Å². The Bertz CT molecular complexity index is 415. The summed E-state index contributed by atoms with van der Waals surface area (Å²) in [6.07, 6.45) is 1.05. The van der Waals surface area contributed by atoms with Crippen molar-refractivity contribution in [3.63, 3.8) is 0 Å². The molecule has 1 aromatic rings. The van der Waals surface area contributed by atoms with Crippen LogP contribution in [0.3, 0.4) is 0 Å². The molecule has 0 radical (unpaired) electrons. The van der Waals surface area contributed by atoms with Gasteiger partial charge in [0.05, 0.1) is 4.90 Å². The van der Waals surface area contributed by atoms with Crippen molar-refractivity contribution in [2.24, 2.45) is 5.14 Å². The molecule has 0 aliphatic rings. The molecular weight excluding hydrogens is 212 g/mol. The molecule has 3 N–H and O–H groups in total. The van der Waals surface area contributed by atoms with E-state index in [-0.39, 0.29) is 4.90 Å². The Hall–Kier alpha value is -0.910. The van der Waals surface area contributed by atoms with Gasteiger partial charge in [0.1, 0.15) is 0 Å². The normalized spacial score (nSPS) is 11.6. The summed E-state index contributed by atoms with van der Waals surface area (Å²) in [4.78, 5) is 0.165. The van der Waals surface area contributed by atoms with E-state index >= 15 is 0 Å². The summed E-state index contributed by atoms with van der Waals surface area (Å²) >= 11 is 0. The maximum Gasteiger partial charge on any atom is 0.238 e. The monoisotopic (exact) mass is 228 g/mol. The van der Waals surface area contributed by atoms with Crippen molar-refractivity contribution < 1.29 is 8.42 Å². The van der Waals surface area contributed by atoms with Gasteiger partial charge in [0.15, 0.2) is 0 Å². The molecular formula is C10H16N2O2S. The molecule has 84 valence electrons. The summed E-state index contributed by atoms with van der Waals surface area (Å²) in [7, 11) is -3.58. The second kappa shape index (κ2) is 5.25. The number of hydrogen-bond acceptors (Lipinski definition) is 3. The van der Waals surface area contributed by atoms with E-state index < -0.39 is 10.0 Å². The zero-order valence-electron chi connectivity index (χ0n) is 8.73. The van der Waals surface area contributed by atoms with Crippen molar-refractivity contribution in [1.82, 2.24) is 5.32 Å². The summed E-state index contributed by atoms with van der Waals surface area (Å²) in [6.45, 7) is 3.66. The molecule has 0 spiro atoms. The van der Waals surface area contributed by atoms with E-state index in [9.17, 15) is 8.42 Å². The van der Waals surface area contributed by atoms with E-state index in [1.807, 2.05) is 6.07 Å². The van der Waals surface area contributed by atoms with Gasteiger partial charge in [-0.05, 0) is 30.7 Å². The number of sulfonamides is 1. The van der Waals surface area contributed by atoms with Crippen LogP contribution in [0, 0.1) is 0 Å². The van der Waals surface area contributed by atoms with Crippen LogP contribution < -0.4 is 10.5 Å². The molecule has 0 aliphatic carbocycles. The fourth-order valence-corrected chi connectivity index (χ4v) is 1.83. The first-order chi connectivity index (χ1) is 7.04. The van der Waals surface area contributed by atoms with Crippen LogP contribution in [0.2, 0.25) is 0 Å². The number of rotatable bonds is 5. The molecule has 0 saturated heterocycles. The van der Waals surface area contributed by atoms with Crippen molar-refractivity contribution in [2.75, 3.05) is 6.54 Å². The van der Waals surface area contributed by atoms with Crippen molar-refractivity contribution in [3.8, 4) is 0 Å². The van der Waals surface area contributed by atoms with Crippen LogP contribution in [0.5, 0.6) is 0 Å². The standard InChI is InChI=1S/C10H16N2O2S/c1-2-6-12-8-9-4-3-5-10(7-9)15(11,13)14/h3-5,7,12H,2,6,8H2,1H3,(H2,11,13,14). The van der Waals surface area contributed by atoms with Crippen molar-refractivity contribution in [1.29, 1.82) is 0 Å². The van der Waals surface area contributed by atoms with E-state index in [4.69, 9.17) is 5.14 Å². The van der Waals surface area contributed by atoms with Crippen molar-refractivity contribution in [3.05, 3.63) is 29.8 Å². The molecule has 1 rings (SSSR count). The minimum Gasteiger partial charge on any atom is -0.313 e. The average molecular weight is 228 g/mol. The minimum atomic E-state index is -3.58. The van der Waals surface area contributed by atoms with Gasteiger partial charge < -0.3 is 5.32 Å². The summed E-state index contributed by atoms with van der Waals surface area (Å²) in [6, 6.07) is 6.66. The molecule has 15 heavy (non-hydrogen) atoms. The molecule has 0 heterocycles. The highest BCUT2D eigenvalue weighted by atomic mass is 32.2. The zero-order chi connectivity index (χ0) is 11.3. The van der Waals surface area contributed by atoms with Gasteiger partial charge in [-0.3, -0.25) is 0 Å². The van der Waals surface area contributed by atoms with Gasteiger partial charge in [-0.15, -0.1) is 0 Å². The molecule has 0 bridgehead atoms. The first kappa shape index (κ1) is 12.2. The lowest BCUT2D eigenvalue weighted by molar-refractivity contribution is 0.597. The zero-order valence-corrected chi connectivity index (χ0v) is 9.55. The van der Waals surface area contributed by atoms with Gasteiger partial charge in [-0.25, -0.2) is 13.6 Å². The van der Waals surface area contributed by atoms with Crippen LogP contribution >= 0.6 is 0 Å². The summed E-state index contributed by atoms with van der Waals surface area (Å²) in [5, 5.41) is 8.23. The minimum absolute atomic E-state index is 0.165. The lowest BCUT2D eigenvalue weighted by atomic mass is 10.2. The number of benzene rings is 1. The molecule has 0 atom stereocenters. The number of nitrogens with one attached hydrogen (secondary N) is 1. The third-order valence-corrected chi connectivity index (χ3v) is 2.89. The summed E-state index contributed by atoms with van der Waals surface area (Å²) in [5.74, 6) is 0. The molecule has 0 fully saturated rings. The van der Waals surface area contributed by atoms with E-state index in [1.54, 1.807) is 12.1 Å². The number of hydrogen-bond donors (Lipinski definition) is 2. The average Bonchev–Trinajstić information content (AvgIpc) is 2.17. The Balaban J connectivity index is 2.75. The summed E-state index contributed by atoms with van der Waals surface area (Å²) in [5.41, 5.74) is 0.926. The van der Waals surface area contributed by atoms with E-state index in [1.165, 1.54) is 6.07 Å². The number of primary sulfonamides is 1. The molecule has 4 nitrogen and oxygen atoms in total. The van der Waals surface area contributed by atoms with Crippen LogP contribution in [-0.2, 0) is 16.6 Å². The highest BCUT2D eigenvalue weighted by Gasteiger charge is 2.07. The first-order valence-electron chi connectivity index (χ1n) is 4.86. The molecule has 5 heteroatoms. The highest BCUT2D eigenvalue weighted by Crippen LogP contribution is 2.09. The number of nitrogens with two attached hydrogens (primary N) is 1. The van der Waals surface area contributed by atoms with Gasteiger partial charge in [-0.1, -0.05) is 19.1 Å². The molecule has 0 unspecified atom stereocenters. The van der Waals surface area contributed by atoms with Crippen LogP contribution in [0.25, 0.3) is 0 Å². The van der Waals surface area contributed by atoms with E-state index in [0.29, 0.717) is 6.54 Å². The van der Waals surface area contributed by atoms with Gasteiger partial charge in [0.2, 0.25) is 10.0 Å². The second-order valence-electron chi connectivity index (χ2n) is 3.37. The van der Waals surface area contributed by atoms with E-state index in [2.05, 4.69) is 12.2 Å². The fraction of sp³-hybridized carbons (Fsp3) is 0.400. The third-order valence-electron chi connectivity index (χ3n) is 1.98. The van der Waals surface area contributed by atoms with E-state index in [0.717, 1.165) is 18.5 Å². The Morgan fingerprint density at radius 3 is 2.73 bits per heavy atom. The topological polar surface area (TPSA) is 72.2 Å². The Kier molecular flexibility index (Phi) is 4.26. The molecule has 0 aromatic heterocycles. The quantitative estimate of drug-likeness (QED) is 0.733. The molecule has 0 saturated carbocycles. The Labute approximate surface area is 90.5 Å². The summed E-state index contributed by atoms with van der Waals surface area (Å²) < 4.78 is 22.1. The predicted octanol–water partition coefficient (Wildman–Crippen LogP) is 0.834. The second-order valence-corrected chi connectivity index (χ2v) is 4.93. The van der Waals surface area contributed by atoms with Gasteiger partial charge in [0.25, 0.3) is 0 Å². The Morgan fingerprint density at radius 1 is 1.40 bits per heavy atom. The molecule has 1 aromatic carbocycles. The van der Waals surface area contributed by atoms with Crippen LogP contribution in [0.4, 0.5) is 0 Å².